The van der Waals surface area contributed by atoms with Gasteiger partial charge in [0.2, 0.25) is 5.91 Å². The second-order valence-electron chi connectivity index (χ2n) is 6.86. The highest BCUT2D eigenvalue weighted by atomic mass is 35.5. The van der Waals surface area contributed by atoms with Crippen molar-refractivity contribution in [2.24, 2.45) is 0 Å². The van der Waals surface area contributed by atoms with Crippen molar-refractivity contribution in [2.45, 2.75) is 13.5 Å². The fraction of sp³-hybridized carbons (Fsp3) is 0.120. The number of nitrogens with zero attached hydrogens (tertiary/aromatic N) is 1. The molecule has 0 radical (unpaired) electrons. The quantitative estimate of drug-likeness (QED) is 0.356. The van der Waals surface area contributed by atoms with E-state index in [-0.39, 0.29) is 5.91 Å². The van der Waals surface area contributed by atoms with Crippen molar-refractivity contribution >= 4 is 34.1 Å². The predicted octanol–water partition coefficient (Wildman–Crippen LogP) is 5.64. The van der Waals surface area contributed by atoms with Crippen molar-refractivity contribution in [3.05, 3.63) is 101 Å². The van der Waals surface area contributed by atoms with Crippen molar-refractivity contribution in [3.8, 4) is 5.75 Å². The van der Waals surface area contributed by atoms with E-state index in [1.54, 1.807) is 38.5 Å². The van der Waals surface area contributed by atoms with E-state index in [1.807, 2.05) is 48.5 Å². The average molecular weight is 434 g/mol. The van der Waals surface area contributed by atoms with Gasteiger partial charge in [0.1, 0.15) is 11.6 Å². The highest BCUT2D eigenvalue weighted by Gasteiger charge is 2.06. The highest BCUT2D eigenvalue weighted by Crippen LogP contribution is 2.25. The molecule has 6 heteroatoms. The van der Waals surface area contributed by atoms with Gasteiger partial charge >= 0.3 is 0 Å². The molecule has 2 aromatic carbocycles. The van der Waals surface area contributed by atoms with Gasteiger partial charge in [0, 0.05) is 34.4 Å². The summed E-state index contributed by atoms with van der Waals surface area (Å²) in [5.41, 5.74) is 2.28. The molecule has 2 N–H and O–H groups in total. The van der Waals surface area contributed by atoms with Gasteiger partial charge in [-0.1, -0.05) is 42.5 Å². The van der Waals surface area contributed by atoms with Gasteiger partial charge in [0.25, 0.3) is 0 Å². The Balaban J connectivity index is 1.68. The number of aromatic nitrogens is 1. The molecule has 0 fully saturated rings. The van der Waals surface area contributed by atoms with E-state index < -0.39 is 0 Å². The van der Waals surface area contributed by atoms with Crippen LogP contribution >= 0.6 is 11.6 Å². The smallest absolute Gasteiger partial charge is 0.247 e. The zero-order chi connectivity index (χ0) is 22.2. The van der Waals surface area contributed by atoms with Crippen molar-refractivity contribution in [2.75, 3.05) is 12.4 Å². The third-order valence-corrected chi connectivity index (χ3v) is 4.93. The van der Waals surface area contributed by atoms with Crippen LogP contribution in [0.4, 0.5) is 5.82 Å². The first-order chi connectivity index (χ1) is 15.0. The van der Waals surface area contributed by atoms with E-state index in [1.165, 1.54) is 0 Å². The minimum absolute atomic E-state index is 0.148. The number of hydrogen-bond acceptors (Lipinski definition) is 4. The van der Waals surface area contributed by atoms with Crippen LogP contribution in [0.25, 0.3) is 10.8 Å². The number of rotatable bonds is 8. The number of benzene rings is 2. The zero-order valence-electron chi connectivity index (χ0n) is 17.5. The molecular formula is C25H24ClN3O2. The number of nitrogens with one attached hydrogen (secondary N) is 2. The van der Waals surface area contributed by atoms with E-state index in [2.05, 4.69) is 22.2 Å². The molecule has 31 heavy (non-hydrogen) atoms. The fourth-order valence-corrected chi connectivity index (χ4v) is 3.07. The highest BCUT2D eigenvalue weighted by molar-refractivity contribution is 6.31. The van der Waals surface area contributed by atoms with Crippen molar-refractivity contribution in [1.82, 2.24) is 10.3 Å². The second-order valence-corrected chi connectivity index (χ2v) is 7.29. The molecule has 3 aromatic rings. The Bertz CT molecular complexity index is 1150. The number of allylic oxidation sites excluding steroid dienone is 3. The summed E-state index contributed by atoms with van der Waals surface area (Å²) in [6, 6.07) is 15.1. The number of hydrogen-bond donors (Lipinski definition) is 2. The number of amides is 1. The number of carbonyl (C=O) groups is 1. The normalized spacial score (nSPS) is 11.8. The molecule has 3 rings (SSSR count). The van der Waals surface area contributed by atoms with E-state index >= 15 is 0 Å². The monoisotopic (exact) mass is 433 g/mol. The minimum Gasteiger partial charge on any atom is -0.497 e. The largest absolute Gasteiger partial charge is 0.497 e. The summed E-state index contributed by atoms with van der Waals surface area (Å²) in [4.78, 5) is 16.8. The molecule has 0 aliphatic carbocycles. The summed E-state index contributed by atoms with van der Waals surface area (Å²) in [6.45, 7) is 6.04. The van der Waals surface area contributed by atoms with Gasteiger partial charge in [-0.25, -0.2) is 4.98 Å². The third kappa shape index (κ3) is 5.96. The lowest BCUT2D eigenvalue weighted by Crippen LogP contribution is -2.23. The Morgan fingerprint density at radius 1 is 1.16 bits per heavy atom. The van der Waals surface area contributed by atoms with Gasteiger partial charge in [-0.15, -0.1) is 0 Å². The first-order valence-corrected chi connectivity index (χ1v) is 10.1. The lowest BCUT2D eigenvalue weighted by atomic mass is 10.1. The van der Waals surface area contributed by atoms with Gasteiger partial charge in [0.05, 0.1) is 7.11 Å². The number of methoxy groups -OCH3 is 1. The predicted molar refractivity (Wildman–Crippen MR) is 127 cm³/mol. The molecule has 0 unspecified atom stereocenters. The van der Waals surface area contributed by atoms with Crippen LogP contribution in [-0.2, 0) is 11.3 Å². The molecule has 1 aromatic heterocycles. The number of ether oxygens (including phenoxy) is 1. The van der Waals surface area contributed by atoms with Gasteiger partial charge < -0.3 is 15.4 Å². The summed E-state index contributed by atoms with van der Waals surface area (Å²) in [5, 5.41) is 8.72. The number of pyridine rings is 1. The van der Waals surface area contributed by atoms with Crippen LogP contribution in [0.2, 0.25) is 5.02 Å². The Morgan fingerprint density at radius 3 is 2.65 bits per heavy atom. The Hall–Kier alpha value is -3.57. The average Bonchev–Trinajstić information content (AvgIpc) is 2.80. The van der Waals surface area contributed by atoms with Crippen molar-refractivity contribution < 1.29 is 9.53 Å². The zero-order valence-corrected chi connectivity index (χ0v) is 18.2. The van der Waals surface area contributed by atoms with Gasteiger partial charge in [-0.05, 0) is 60.4 Å². The minimum atomic E-state index is -0.148. The van der Waals surface area contributed by atoms with E-state index in [4.69, 9.17) is 16.3 Å². The Morgan fingerprint density at radius 2 is 1.94 bits per heavy atom. The third-order valence-electron chi connectivity index (χ3n) is 4.69. The van der Waals surface area contributed by atoms with Crippen LogP contribution in [-0.4, -0.2) is 18.0 Å². The number of halogens is 1. The molecule has 0 saturated heterocycles. The van der Waals surface area contributed by atoms with E-state index in [0.29, 0.717) is 28.7 Å². The lowest BCUT2D eigenvalue weighted by Gasteiger charge is -2.10. The van der Waals surface area contributed by atoms with Crippen LogP contribution in [0, 0.1) is 0 Å². The van der Waals surface area contributed by atoms with Crippen molar-refractivity contribution in [3.63, 3.8) is 0 Å². The molecule has 0 spiro atoms. The topological polar surface area (TPSA) is 63.2 Å². The fourth-order valence-electron chi connectivity index (χ4n) is 2.89. The first-order valence-electron chi connectivity index (χ1n) is 9.73. The molecule has 0 atom stereocenters. The summed E-state index contributed by atoms with van der Waals surface area (Å²) in [7, 11) is 1.62. The molecule has 158 valence electrons. The molecule has 0 saturated carbocycles. The molecule has 0 aliphatic rings. The van der Waals surface area contributed by atoms with Gasteiger partial charge in [0.15, 0.2) is 0 Å². The van der Waals surface area contributed by atoms with Crippen LogP contribution in [0.1, 0.15) is 12.5 Å². The maximum Gasteiger partial charge on any atom is 0.247 e. The van der Waals surface area contributed by atoms with Crippen molar-refractivity contribution in [1.29, 1.82) is 0 Å². The molecular weight excluding hydrogens is 410 g/mol. The van der Waals surface area contributed by atoms with Gasteiger partial charge in [-0.2, -0.15) is 0 Å². The Labute approximate surface area is 187 Å². The maximum atomic E-state index is 12.4. The molecule has 1 heterocycles. The molecule has 1 amide bonds. The van der Waals surface area contributed by atoms with E-state index in [0.717, 1.165) is 22.1 Å². The first kappa shape index (κ1) is 22.1. The van der Waals surface area contributed by atoms with Crippen LogP contribution < -0.4 is 15.4 Å². The lowest BCUT2D eigenvalue weighted by molar-refractivity contribution is -0.117. The standard InChI is InChI=1S/C25H24ClN3O2/c1-4-21(29-24-23-15-20(26)9-8-19(23)13-14-27-24)10-5-17(2)25(30)28-16-18-6-11-22(31-3)12-7-18/h4-15H,1,16H2,2-3H3,(H,27,29)(H,28,30)/b17-5+,21-10+. The van der Waals surface area contributed by atoms with Crippen LogP contribution in [0.15, 0.2) is 90.8 Å². The molecule has 0 aliphatic heterocycles. The van der Waals surface area contributed by atoms with Crippen LogP contribution in [0.3, 0.4) is 0 Å². The summed E-state index contributed by atoms with van der Waals surface area (Å²) >= 11 is 6.14. The number of fused-ring (bicyclic) bond motifs is 1. The SMILES string of the molecule is C=C/C(=C\C=C(/C)C(=O)NCc1ccc(OC)cc1)Nc1nccc2ccc(Cl)cc12. The summed E-state index contributed by atoms with van der Waals surface area (Å²) < 4.78 is 5.14. The van der Waals surface area contributed by atoms with Gasteiger partial charge in [-0.3, -0.25) is 4.79 Å². The Kier molecular flexibility index (Phi) is 7.46. The molecule has 5 nitrogen and oxygen atoms in total. The summed E-state index contributed by atoms with van der Waals surface area (Å²) in [5.74, 6) is 1.30. The molecule has 0 bridgehead atoms. The van der Waals surface area contributed by atoms with Crippen LogP contribution in [0.5, 0.6) is 5.75 Å². The van der Waals surface area contributed by atoms with E-state index in [9.17, 15) is 4.79 Å². The summed E-state index contributed by atoms with van der Waals surface area (Å²) in [6.07, 6.45) is 6.93. The maximum absolute atomic E-state index is 12.4. The second kappa shape index (κ2) is 10.5. The number of carbonyl (C=O) groups excluding carboxylic acids is 1. The number of anilines is 1.